The maximum atomic E-state index is 11.5. The van der Waals surface area contributed by atoms with Gasteiger partial charge in [-0.25, -0.2) is 0 Å². The van der Waals surface area contributed by atoms with Gasteiger partial charge in [-0.1, -0.05) is 23.9 Å². The Balaban J connectivity index is 2.08. The lowest BCUT2D eigenvalue weighted by Crippen LogP contribution is -2.17. The summed E-state index contributed by atoms with van der Waals surface area (Å²) in [4.78, 5) is 26.8. The van der Waals surface area contributed by atoms with E-state index in [1.54, 1.807) is 25.4 Å². The van der Waals surface area contributed by atoms with Gasteiger partial charge in [0.05, 0.1) is 0 Å². The molecule has 0 fully saturated rings. The summed E-state index contributed by atoms with van der Waals surface area (Å²) in [5.74, 6) is 0.601. The molecule has 1 aromatic heterocycles. The third-order valence-corrected chi connectivity index (χ3v) is 4.06. The number of carbonyl (C=O) groups excluding carboxylic acids is 1. The van der Waals surface area contributed by atoms with Crippen molar-refractivity contribution in [2.24, 2.45) is 0 Å². The average Bonchev–Trinajstić information content (AvgIpc) is 2.52. The molecule has 0 radical (unpaired) electrons. The van der Waals surface area contributed by atoms with Gasteiger partial charge in [0.25, 0.3) is 11.5 Å². The highest BCUT2D eigenvalue weighted by Crippen LogP contribution is 2.20. The van der Waals surface area contributed by atoms with Crippen molar-refractivity contribution < 1.29 is 4.79 Å². The maximum absolute atomic E-state index is 11.5. The number of hydrogen-bond acceptors (Lipinski definition) is 4. The monoisotopic (exact) mass is 303 g/mol. The van der Waals surface area contributed by atoms with E-state index in [-0.39, 0.29) is 11.5 Å². The molecule has 2 aromatic rings. The normalized spacial score (nSPS) is 10.4. The number of thioether (sulfide) groups is 1. The number of hydrogen-bond donors (Lipinski definition) is 1. The zero-order chi connectivity index (χ0) is 15.2. The van der Waals surface area contributed by atoms with Crippen molar-refractivity contribution in [3.63, 3.8) is 0 Å². The third kappa shape index (κ3) is 3.95. The van der Waals surface area contributed by atoms with Gasteiger partial charge in [0, 0.05) is 37.2 Å². The Kier molecular flexibility index (Phi) is 5.16. The molecule has 0 spiro atoms. The Hall–Kier alpha value is -2.08. The summed E-state index contributed by atoms with van der Waals surface area (Å²) in [5, 5.41) is 3.30. The predicted molar refractivity (Wildman–Crippen MR) is 83.6 cm³/mol. The zero-order valence-electron chi connectivity index (χ0n) is 12.0. The van der Waals surface area contributed by atoms with Gasteiger partial charge in [-0.2, -0.15) is 4.98 Å². The number of amides is 1. The second kappa shape index (κ2) is 7.08. The lowest BCUT2D eigenvalue weighted by molar-refractivity contribution is 0.0963. The largest absolute Gasteiger partial charge is 0.355 e. The molecule has 5 nitrogen and oxygen atoms in total. The van der Waals surface area contributed by atoms with Gasteiger partial charge in [0.15, 0.2) is 5.16 Å². The van der Waals surface area contributed by atoms with Crippen LogP contribution in [0, 0.1) is 0 Å². The van der Waals surface area contributed by atoms with Crippen molar-refractivity contribution >= 4 is 17.7 Å². The van der Waals surface area contributed by atoms with E-state index in [9.17, 15) is 9.59 Å². The molecule has 1 N–H and O–H groups in total. The molecule has 0 atom stereocenters. The van der Waals surface area contributed by atoms with Gasteiger partial charge in [-0.05, 0) is 24.6 Å². The summed E-state index contributed by atoms with van der Waals surface area (Å²) in [6.07, 6.45) is 1.76. The summed E-state index contributed by atoms with van der Waals surface area (Å²) in [5.41, 5.74) is 1.49. The molecule has 0 unspecified atom stereocenters. The van der Waals surface area contributed by atoms with Crippen LogP contribution in [0.3, 0.4) is 0 Å². The van der Waals surface area contributed by atoms with E-state index >= 15 is 0 Å². The second-order valence-corrected chi connectivity index (χ2v) is 5.34. The zero-order valence-corrected chi connectivity index (χ0v) is 12.8. The lowest BCUT2D eigenvalue weighted by Gasteiger charge is -2.09. The first-order valence-electron chi connectivity index (χ1n) is 6.65. The van der Waals surface area contributed by atoms with E-state index in [4.69, 9.17) is 0 Å². The van der Waals surface area contributed by atoms with Crippen molar-refractivity contribution in [1.29, 1.82) is 0 Å². The number of benzene rings is 1. The highest BCUT2D eigenvalue weighted by atomic mass is 32.2. The first-order valence-corrected chi connectivity index (χ1v) is 7.64. The van der Waals surface area contributed by atoms with Crippen LogP contribution >= 0.6 is 11.8 Å². The van der Waals surface area contributed by atoms with Crippen molar-refractivity contribution in [3.05, 3.63) is 58.0 Å². The Labute approximate surface area is 127 Å². The van der Waals surface area contributed by atoms with Crippen LogP contribution in [0.1, 0.15) is 22.8 Å². The van der Waals surface area contributed by atoms with Crippen LogP contribution in [0.2, 0.25) is 0 Å². The number of aryl methyl sites for hydroxylation is 1. The molecular weight excluding hydrogens is 286 g/mol. The summed E-state index contributed by atoms with van der Waals surface area (Å²) in [6, 6.07) is 8.87. The van der Waals surface area contributed by atoms with Gasteiger partial charge in [0.1, 0.15) is 0 Å². The van der Waals surface area contributed by atoms with Crippen LogP contribution in [0.4, 0.5) is 0 Å². The van der Waals surface area contributed by atoms with Crippen LogP contribution in [-0.2, 0) is 12.3 Å². The van der Waals surface area contributed by atoms with Gasteiger partial charge in [-0.3, -0.25) is 9.59 Å². The molecular formula is C15H17N3O2S. The van der Waals surface area contributed by atoms with E-state index < -0.39 is 0 Å². The van der Waals surface area contributed by atoms with Crippen molar-refractivity contribution in [2.45, 2.75) is 24.4 Å². The fourth-order valence-corrected chi connectivity index (χ4v) is 2.81. The van der Waals surface area contributed by atoms with Crippen LogP contribution < -0.4 is 10.9 Å². The van der Waals surface area contributed by atoms with Gasteiger partial charge >= 0.3 is 0 Å². The van der Waals surface area contributed by atoms with Crippen molar-refractivity contribution in [1.82, 2.24) is 14.9 Å². The SMILES string of the molecule is CCn1ccc(=O)nc1SCc1ccc(C(=O)NC)cc1. The molecule has 1 aromatic carbocycles. The minimum Gasteiger partial charge on any atom is -0.355 e. The van der Waals surface area contributed by atoms with Crippen LogP contribution in [0.5, 0.6) is 0 Å². The van der Waals surface area contributed by atoms with E-state index in [1.807, 2.05) is 23.6 Å². The molecule has 1 amide bonds. The van der Waals surface area contributed by atoms with E-state index in [0.717, 1.165) is 12.1 Å². The first-order chi connectivity index (χ1) is 10.1. The van der Waals surface area contributed by atoms with Gasteiger partial charge < -0.3 is 9.88 Å². The molecule has 0 saturated carbocycles. The summed E-state index contributed by atoms with van der Waals surface area (Å²) >= 11 is 1.51. The molecule has 0 saturated heterocycles. The van der Waals surface area contributed by atoms with Gasteiger partial charge in [0.2, 0.25) is 0 Å². The molecule has 2 rings (SSSR count). The smallest absolute Gasteiger partial charge is 0.273 e. The molecule has 0 aliphatic heterocycles. The maximum Gasteiger partial charge on any atom is 0.273 e. The topological polar surface area (TPSA) is 64.0 Å². The highest BCUT2D eigenvalue weighted by Gasteiger charge is 2.05. The standard InChI is InChI=1S/C15H17N3O2S/c1-3-18-9-8-13(19)17-15(18)21-10-11-4-6-12(7-5-11)14(20)16-2/h4-9H,3,10H2,1-2H3,(H,16,20). The van der Waals surface area contributed by atoms with Crippen LogP contribution in [-0.4, -0.2) is 22.5 Å². The fraction of sp³-hybridized carbons (Fsp3) is 0.267. The minimum atomic E-state index is -0.225. The predicted octanol–water partition coefficient (Wildman–Crippen LogP) is 1.92. The lowest BCUT2D eigenvalue weighted by atomic mass is 10.1. The third-order valence-electron chi connectivity index (χ3n) is 3.00. The van der Waals surface area contributed by atoms with Crippen LogP contribution in [0.15, 0.2) is 46.5 Å². The molecule has 1 heterocycles. The molecule has 0 aliphatic rings. The van der Waals surface area contributed by atoms with E-state index in [2.05, 4.69) is 10.3 Å². The molecule has 0 bridgehead atoms. The summed E-state index contributed by atoms with van der Waals surface area (Å²) in [7, 11) is 1.61. The number of carbonyl (C=O) groups is 1. The molecule has 21 heavy (non-hydrogen) atoms. The molecule has 6 heteroatoms. The van der Waals surface area contributed by atoms with Crippen molar-refractivity contribution in [2.75, 3.05) is 7.05 Å². The Morgan fingerprint density at radius 3 is 2.62 bits per heavy atom. The average molecular weight is 303 g/mol. The number of rotatable bonds is 5. The second-order valence-electron chi connectivity index (χ2n) is 4.40. The fourth-order valence-electron chi connectivity index (χ4n) is 1.81. The Morgan fingerprint density at radius 2 is 2.00 bits per heavy atom. The quantitative estimate of drug-likeness (QED) is 0.677. The number of nitrogens with one attached hydrogen (secondary N) is 1. The van der Waals surface area contributed by atoms with Crippen molar-refractivity contribution in [3.8, 4) is 0 Å². The summed E-state index contributed by atoms with van der Waals surface area (Å²) in [6.45, 7) is 2.78. The van der Waals surface area contributed by atoms with E-state index in [1.165, 1.54) is 17.8 Å². The Bertz CT molecular complexity index is 680. The minimum absolute atomic E-state index is 0.0984. The van der Waals surface area contributed by atoms with E-state index in [0.29, 0.717) is 16.5 Å². The van der Waals surface area contributed by atoms with Gasteiger partial charge in [-0.15, -0.1) is 0 Å². The Morgan fingerprint density at radius 1 is 1.29 bits per heavy atom. The molecule has 0 aliphatic carbocycles. The van der Waals surface area contributed by atoms with Crippen LogP contribution in [0.25, 0.3) is 0 Å². The molecule has 110 valence electrons. The summed E-state index contributed by atoms with van der Waals surface area (Å²) < 4.78 is 1.94. The number of nitrogens with zero attached hydrogens (tertiary/aromatic N) is 2. The first kappa shape index (κ1) is 15.3. The number of aromatic nitrogens is 2. The highest BCUT2D eigenvalue weighted by molar-refractivity contribution is 7.98.